The smallest absolute Gasteiger partial charge is 0.410 e. The molecule has 6 aromatic heterocycles. The molecule has 8 aromatic rings. The molecule has 1 amide bonds. The lowest BCUT2D eigenvalue weighted by molar-refractivity contribution is 0.0177. The maximum Gasteiger partial charge on any atom is 0.410 e. The van der Waals surface area contributed by atoms with Gasteiger partial charge in [0, 0.05) is 98.0 Å². The third-order valence-electron chi connectivity index (χ3n) is 16.7. The molecule has 5 N–H and O–H groups in total. The number of anilines is 6. The lowest BCUT2D eigenvalue weighted by atomic mass is 9.73. The van der Waals surface area contributed by atoms with Crippen molar-refractivity contribution >= 4 is 75.2 Å². The molecule has 0 radical (unpaired) electrons. The second-order valence-corrected chi connectivity index (χ2v) is 24.2. The molecule has 10 heterocycles. The lowest BCUT2D eigenvalue weighted by Crippen LogP contribution is -2.45. The molecular formula is C59H74Cl2N16O4. The molecule has 0 saturated carbocycles. The van der Waals surface area contributed by atoms with Gasteiger partial charge < -0.3 is 45.6 Å². The minimum Gasteiger partial charge on any atom is -0.444 e. The Labute approximate surface area is 482 Å². The van der Waals surface area contributed by atoms with Gasteiger partial charge in [-0.25, -0.2) is 13.8 Å². The molecule has 428 valence electrons. The number of likely N-dealkylation sites (tertiary alicyclic amines) is 1. The van der Waals surface area contributed by atoms with Crippen molar-refractivity contribution in [3.05, 3.63) is 131 Å². The average Bonchev–Trinajstić information content (AvgIpc) is 4.45. The van der Waals surface area contributed by atoms with E-state index in [4.69, 9.17) is 37.9 Å². The summed E-state index contributed by atoms with van der Waals surface area (Å²) >= 11 is 12.2. The van der Waals surface area contributed by atoms with Gasteiger partial charge in [0.25, 0.3) is 0 Å². The number of piperidine rings is 4. The fourth-order valence-electron chi connectivity index (χ4n) is 12.0. The Kier molecular flexibility index (Phi) is 16.7. The van der Waals surface area contributed by atoms with Gasteiger partial charge in [0.1, 0.15) is 5.60 Å². The van der Waals surface area contributed by atoms with E-state index in [1.807, 2.05) is 126 Å². The number of hydrogen-bond donors (Lipinski definition) is 5. The van der Waals surface area contributed by atoms with E-state index in [1.54, 1.807) is 15.6 Å². The number of aromatic nitrogens is 10. The van der Waals surface area contributed by atoms with E-state index < -0.39 is 5.60 Å². The number of nitrogens with zero attached hydrogens (tertiary/aromatic N) is 13. The van der Waals surface area contributed by atoms with Crippen LogP contribution in [0.1, 0.15) is 83.3 Å². The highest BCUT2D eigenvalue weighted by Gasteiger charge is 2.38. The third kappa shape index (κ3) is 13.1. The third-order valence-corrected chi connectivity index (χ3v) is 17.2. The molecule has 0 unspecified atom stereocenters. The zero-order valence-electron chi connectivity index (χ0n) is 46.5. The first-order valence-corrected chi connectivity index (χ1v) is 29.2. The van der Waals surface area contributed by atoms with Crippen molar-refractivity contribution in [3.63, 3.8) is 0 Å². The summed E-state index contributed by atoms with van der Waals surface area (Å²) in [6, 6.07) is 23.9. The van der Waals surface area contributed by atoms with E-state index in [9.17, 15) is 15.0 Å². The Bertz CT molecular complexity index is 3360. The maximum atomic E-state index is 12.4. The zero-order chi connectivity index (χ0) is 56.1. The first kappa shape index (κ1) is 55.9. The summed E-state index contributed by atoms with van der Waals surface area (Å²) in [4.78, 5) is 28.5. The molecule has 0 spiro atoms. The highest BCUT2D eigenvalue weighted by Crippen LogP contribution is 2.40. The van der Waals surface area contributed by atoms with Crippen molar-refractivity contribution in [2.75, 3.05) is 86.0 Å². The van der Waals surface area contributed by atoms with Crippen molar-refractivity contribution in [1.29, 1.82) is 0 Å². The topological polar surface area (TPSA) is 209 Å². The SMILES string of the molecule is CC(C)(C)OC(=O)N1CCC(Cn2cc(Nc3nc4c(N5CCC(CO)(c6ccc(Cl)cc6)CC5)cccn4n3)cn2)CC1.OCC1(c2ccc(Cl)cc2)CCN(c2cccn3nc(Nc4cnn(CC5CCNCC5)c4)nc23)CC1. The van der Waals surface area contributed by atoms with Crippen LogP contribution in [0.25, 0.3) is 11.3 Å². The zero-order valence-corrected chi connectivity index (χ0v) is 48.0. The van der Waals surface area contributed by atoms with Crippen LogP contribution in [0.4, 0.5) is 39.4 Å². The highest BCUT2D eigenvalue weighted by atomic mass is 35.5. The Hall–Kier alpha value is -6.97. The van der Waals surface area contributed by atoms with E-state index in [-0.39, 0.29) is 30.1 Å². The van der Waals surface area contributed by atoms with Crippen molar-refractivity contribution in [1.82, 2.24) is 59.0 Å². The van der Waals surface area contributed by atoms with Crippen LogP contribution in [0.5, 0.6) is 0 Å². The van der Waals surface area contributed by atoms with Crippen molar-refractivity contribution in [2.24, 2.45) is 11.8 Å². The van der Waals surface area contributed by atoms with E-state index >= 15 is 0 Å². The Morgan fingerprint density at radius 1 is 0.642 bits per heavy atom. The summed E-state index contributed by atoms with van der Waals surface area (Å²) < 4.78 is 13.1. The van der Waals surface area contributed by atoms with Gasteiger partial charge >= 0.3 is 6.09 Å². The fraction of sp³-hybridized carbons (Fsp3) is 0.475. The largest absolute Gasteiger partial charge is 0.444 e. The van der Waals surface area contributed by atoms with E-state index in [0.717, 1.165) is 136 Å². The Balaban J connectivity index is 0.000000173. The molecule has 12 rings (SSSR count). The number of benzene rings is 2. The van der Waals surface area contributed by atoms with Crippen molar-refractivity contribution in [2.45, 2.75) is 102 Å². The van der Waals surface area contributed by atoms with Gasteiger partial charge in [0.2, 0.25) is 11.9 Å². The number of carbonyl (C=O) groups is 1. The van der Waals surface area contributed by atoms with Crippen LogP contribution >= 0.6 is 23.2 Å². The molecule has 81 heavy (non-hydrogen) atoms. The number of ether oxygens (including phenoxy) is 1. The normalized spacial score (nSPS) is 18.0. The van der Waals surface area contributed by atoms with E-state index in [0.29, 0.717) is 46.9 Å². The molecule has 0 atom stereocenters. The molecule has 4 aliphatic rings. The first-order valence-electron chi connectivity index (χ1n) is 28.4. The van der Waals surface area contributed by atoms with Gasteiger partial charge in [-0.15, -0.1) is 10.2 Å². The Morgan fingerprint density at radius 3 is 1.49 bits per heavy atom. The molecule has 20 nitrogen and oxygen atoms in total. The predicted molar refractivity (Wildman–Crippen MR) is 316 cm³/mol. The summed E-state index contributed by atoms with van der Waals surface area (Å²) in [5, 5.41) is 50.6. The fourth-order valence-corrected chi connectivity index (χ4v) is 12.2. The predicted octanol–water partition coefficient (Wildman–Crippen LogP) is 9.35. The van der Waals surface area contributed by atoms with Crippen LogP contribution in [0.3, 0.4) is 0 Å². The van der Waals surface area contributed by atoms with Gasteiger partial charge in [-0.05, 0) is 157 Å². The summed E-state index contributed by atoms with van der Waals surface area (Å²) in [5.74, 6) is 2.16. The average molecular weight is 1140 g/mol. The molecule has 22 heteroatoms. The van der Waals surface area contributed by atoms with Crippen molar-refractivity contribution < 1.29 is 19.7 Å². The molecular weight excluding hydrogens is 1070 g/mol. The molecule has 4 saturated heterocycles. The number of nitrogens with one attached hydrogen (secondary N) is 3. The monoisotopic (exact) mass is 1140 g/mol. The van der Waals surface area contributed by atoms with Crippen LogP contribution in [0.2, 0.25) is 10.0 Å². The second kappa shape index (κ2) is 24.2. The van der Waals surface area contributed by atoms with Crippen molar-refractivity contribution in [3.8, 4) is 0 Å². The Morgan fingerprint density at radius 2 is 1.07 bits per heavy atom. The van der Waals surface area contributed by atoms with Gasteiger partial charge in [-0.2, -0.15) is 20.2 Å². The van der Waals surface area contributed by atoms with Crippen LogP contribution in [0.15, 0.2) is 110 Å². The molecule has 4 fully saturated rings. The number of halogens is 2. The molecule has 4 aliphatic heterocycles. The molecule has 0 bridgehead atoms. The minimum atomic E-state index is -0.483. The number of rotatable bonds is 14. The van der Waals surface area contributed by atoms with Gasteiger partial charge in [0.15, 0.2) is 11.3 Å². The summed E-state index contributed by atoms with van der Waals surface area (Å²) in [5.41, 5.74) is 6.64. The number of carbonyl (C=O) groups excluding carboxylic acids is 1. The van der Waals surface area contributed by atoms with Gasteiger partial charge in [-0.1, -0.05) is 47.5 Å². The van der Waals surface area contributed by atoms with Crippen LogP contribution in [-0.4, -0.2) is 141 Å². The standard InChI is InChI=1S/C32H41ClN8O3.C27H33ClN8O/c1-31(2,3)44-30(43)39-15-10-23(11-16-39)20-40-21-26(19-34-40)35-29-36-28-27(5-4-14-41(28)37-29)38-17-12-32(22-42,13-18-38)24-6-8-25(33)9-7-24;28-22-5-3-21(4-6-22)27(19-37)9-14-34(15-10-27)24-2-1-13-36-25(24)32-26(33-36)31-23-16-30-35(18-23)17-20-7-11-29-12-8-20/h4-9,14,19,21,23,42H,10-13,15-18,20,22H2,1-3H3,(H,35,37);1-6,13,16,18,20,29,37H,7-12,14-15,17,19H2,(H,31,33). The van der Waals surface area contributed by atoms with Crippen LogP contribution in [-0.2, 0) is 28.7 Å². The van der Waals surface area contributed by atoms with E-state index in [1.165, 1.54) is 12.8 Å². The van der Waals surface area contributed by atoms with Gasteiger partial charge in [0.05, 0.1) is 48.4 Å². The summed E-state index contributed by atoms with van der Waals surface area (Å²) in [6.45, 7) is 14.4. The number of pyridine rings is 2. The minimum absolute atomic E-state index is 0.102. The lowest BCUT2D eigenvalue weighted by Gasteiger charge is -2.42. The van der Waals surface area contributed by atoms with Crippen LogP contribution in [0, 0.1) is 11.8 Å². The van der Waals surface area contributed by atoms with E-state index in [2.05, 4.69) is 58.3 Å². The second-order valence-electron chi connectivity index (χ2n) is 23.3. The molecule has 0 aliphatic carbocycles. The number of hydrogen-bond acceptors (Lipinski definition) is 15. The summed E-state index contributed by atoms with van der Waals surface area (Å²) in [6.07, 6.45) is 18.8. The van der Waals surface area contributed by atoms with Crippen LogP contribution < -0.4 is 25.8 Å². The molecule has 2 aromatic carbocycles. The number of amides is 1. The van der Waals surface area contributed by atoms with Gasteiger partial charge in [-0.3, -0.25) is 9.36 Å². The maximum absolute atomic E-state index is 12.4. The number of aliphatic hydroxyl groups is 2. The summed E-state index contributed by atoms with van der Waals surface area (Å²) in [7, 11) is 0. The highest BCUT2D eigenvalue weighted by molar-refractivity contribution is 6.30. The number of aliphatic hydroxyl groups excluding tert-OH is 2. The quantitative estimate of drug-likeness (QED) is 0.0687. The number of fused-ring (bicyclic) bond motifs is 2. The first-order chi connectivity index (χ1) is 39.2.